The van der Waals surface area contributed by atoms with Crippen LogP contribution in [-0.4, -0.2) is 27.5 Å². The summed E-state index contributed by atoms with van der Waals surface area (Å²) in [5.41, 5.74) is 0.723. The van der Waals surface area contributed by atoms with Crippen LogP contribution in [0.4, 0.5) is 5.69 Å². The van der Waals surface area contributed by atoms with Crippen LogP contribution < -0.4 is 10.9 Å². The Bertz CT molecular complexity index is 1050. The minimum atomic E-state index is -1.03. The zero-order valence-corrected chi connectivity index (χ0v) is 15.1. The fraction of sp³-hybridized carbons (Fsp3) is 0.158. The van der Waals surface area contributed by atoms with E-state index in [1.54, 1.807) is 48.5 Å². The lowest BCUT2D eigenvalue weighted by molar-refractivity contribution is -0.153. The predicted molar refractivity (Wildman–Crippen MR) is 102 cm³/mol. The number of hydrogen-bond donors (Lipinski definition) is 1. The van der Waals surface area contributed by atoms with Gasteiger partial charge in [-0.3, -0.25) is 19.0 Å². The second kappa shape index (κ2) is 8.01. The lowest BCUT2D eigenvalue weighted by Crippen LogP contribution is -2.33. The minimum absolute atomic E-state index is 0.338. The van der Waals surface area contributed by atoms with E-state index in [1.807, 2.05) is 0 Å². The first kappa shape index (κ1) is 18.6. The molecule has 1 amide bonds. The Labute approximate surface area is 159 Å². The highest BCUT2D eigenvalue weighted by Crippen LogP contribution is 2.14. The summed E-state index contributed by atoms with van der Waals surface area (Å²) in [4.78, 5) is 40.7. The summed E-state index contributed by atoms with van der Waals surface area (Å²) in [5.74, 6) is -1.21. The lowest BCUT2D eigenvalue weighted by Gasteiger charge is -2.14. The average molecular weight is 386 g/mol. The van der Waals surface area contributed by atoms with E-state index in [2.05, 4.69) is 10.3 Å². The molecule has 0 saturated heterocycles. The largest absolute Gasteiger partial charge is 0.451 e. The monoisotopic (exact) mass is 385 g/mol. The van der Waals surface area contributed by atoms with Gasteiger partial charge in [-0.2, -0.15) is 0 Å². The van der Waals surface area contributed by atoms with Crippen molar-refractivity contribution in [1.82, 2.24) is 9.55 Å². The number of aromatic nitrogens is 2. The molecule has 1 unspecified atom stereocenters. The highest BCUT2D eigenvalue weighted by molar-refractivity contribution is 6.30. The van der Waals surface area contributed by atoms with Gasteiger partial charge < -0.3 is 10.1 Å². The maximum Gasteiger partial charge on any atom is 0.326 e. The summed E-state index contributed by atoms with van der Waals surface area (Å²) in [6.45, 7) is 1.11. The zero-order chi connectivity index (χ0) is 19.4. The van der Waals surface area contributed by atoms with Crippen LogP contribution >= 0.6 is 11.6 Å². The number of benzene rings is 2. The SMILES string of the molecule is CC(OC(=O)Cn1cnc2ccccc2c1=O)C(=O)Nc1ccc(Cl)cc1. The number of hydrogen-bond acceptors (Lipinski definition) is 5. The zero-order valence-electron chi connectivity index (χ0n) is 14.4. The standard InChI is InChI=1S/C19H16ClN3O4/c1-12(18(25)22-14-8-6-13(20)7-9-14)27-17(24)10-23-11-21-16-5-3-2-4-15(16)19(23)26/h2-9,11-12H,10H2,1H3,(H,22,25). The molecule has 0 spiro atoms. The fourth-order valence-electron chi connectivity index (χ4n) is 2.42. The fourth-order valence-corrected chi connectivity index (χ4v) is 2.55. The van der Waals surface area contributed by atoms with Gasteiger partial charge in [-0.05, 0) is 43.3 Å². The van der Waals surface area contributed by atoms with E-state index in [4.69, 9.17) is 16.3 Å². The van der Waals surface area contributed by atoms with Crippen molar-refractivity contribution in [2.75, 3.05) is 5.32 Å². The van der Waals surface area contributed by atoms with E-state index < -0.39 is 18.0 Å². The number of anilines is 1. The number of amides is 1. The first-order chi connectivity index (χ1) is 12.9. The minimum Gasteiger partial charge on any atom is -0.451 e. The van der Waals surface area contributed by atoms with E-state index in [9.17, 15) is 14.4 Å². The molecule has 8 heteroatoms. The van der Waals surface area contributed by atoms with Gasteiger partial charge in [-0.25, -0.2) is 4.98 Å². The van der Waals surface area contributed by atoms with Gasteiger partial charge in [0.05, 0.1) is 17.2 Å². The third kappa shape index (κ3) is 4.51. The molecule has 0 aliphatic rings. The number of rotatable bonds is 5. The highest BCUT2D eigenvalue weighted by Gasteiger charge is 2.19. The molecule has 3 rings (SSSR count). The third-order valence-corrected chi connectivity index (χ3v) is 4.07. The van der Waals surface area contributed by atoms with Crippen LogP contribution in [0.25, 0.3) is 10.9 Å². The Hall–Kier alpha value is -3.19. The Morgan fingerprint density at radius 2 is 1.89 bits per heavy atom. The van der Waals surface area contributed by atoms with Crippen LogP contribution in [0.5, 0.6) is 0 Å². The molecule has 0 saturated carbocycles. The first-order valence-corrected chi connectivity index (χ1v) is 8.52. The molecule has 1 aromatic heterocycles. The topological polar surface area (TPSA) is 90.3 Å². The van der Waals surface area contributed by atoms with Crippen LogP contribution in [0, 0.1) is 0 Å². The highest BCUT2D eigenvalue weighted by atomic mass is 35.5. The van der Waals surface area contributed by atoms with Gasteiger partial charge >= 0.3 is 5.97 Å². The smallest absolute Gasteiger partial charge is 0.326 e. The molecule has 0 aliphatic heterocycles. The summed E-state index contributed by atoms with van der Waals surface area (Å²) < 4.78 is 6.26. The molecule has 27 heavy (non-hydrogen) atoms. The van der Waals surface area contributed by atoms with E-state index >= 15 is 0 Å². The maximum atomic E-state index is 12.4. The summed E-state index contributed by atoms with van der Waals surface area (Å²) >= 11 is 5.79. The van der Waals surface area contributed by atoms with Crippen molar-refractivity contribution in [2.24, 2.45) is 0 Å². The summed E-state index contributed by atoms with van der Waals surface area (Å²) in [5, 5.41) is 3.57. The first-order valence-electron chi connectivity index (χ1n) is 8.14. The van der Waals surface area contributed by atoms with Crippen molar-refractivity contribution in [2.45, 2.75) is 19.6 Å². The summed E-state index contributed by atoms with van der Waals surface area (Å²) in [6.07, 6.45) is 0.252. The Balaban J connectivity index is 1.63. The second-order valence-electron chi connectivity index (χ2n) is 5.82. The number of para-hydroxylation sites is 1. The normalized spacial score (nSPS) is 11.8. The molecule has 138 valence electrons. The van der Waals surface area contributed by atoms with Crippen LogP contribution in [0.15, 0.2) is 59.7 Å². The van der Waals surface area contributed by atoms with Crippen LogP contribution in [0.3, 0.4) is 0 Å². The third-order valence-electron chi connectivity index (χ3n) is 3.82. The Kier molecular flexibility index (Phi) is 5.52. The molecule has 3 aromatic rings. The number of carbonyl (C=O) groups is 2. The number of nitrogens with one attached hydrogen (secondary N) is 1. The molecule has 0 radical (unpaired) electrons. The number of halogens is 1. The van der Waals surface area contributed by atoms with Crippen molar-refractivity contribution >= 4 is 40.1 Å². The molecule has 0 fully saturated rings. The van der Waals surface area contributed by atoms with Crippen molar-refractivity contribution in [3.63, 3.8) is 0 Å². The van der Waals surface area contributed by atoms with E-state index in [-0.39, 0.29) is 12.1 Å². The lowest BCUT2D eigenvalue weighted by atomic mass is 10.2. The van der Waals surface area contributed by atoms with Crippen molar-refractivity contribution < 1.29 is 14.3 Å². The van der Waals surface area contributed by atoms with Crippen LogP contribution in [0.1, 0.15) is 6.92 Å². The van der Waals surface area contributed by atoms with E-state index in [0.29, 0.717) is 21.6 Å². The molecule has 2 aromatic carbocycles. The van der Waals surface area contributed by atoms with Gasteiger partial charge in [0.15, 0.2) is 6.10 Å². The number of fused-ring (bicyclic) bond motifs is 1. The van der Waals surface area contributed by atoms with E-state index in [1.165, 1.54) is 13.3 Å². The molecule has 0 aliphatic carbocycles. The van der Waals surface area contributed by atoms with Crippen LogP contribution in [0.2, 0.25) is 5.02 Å². The molecule has 1 N–H and O–H groups in total. The van der Waals surface area contributed by atoms with Gasteiger partial charge in [-0.1, -0.05) is 23.7 Å². The van der Waals surface area contributed by atoms with Gasteiger partial charge in [0.1, 0.15) is 6.54 Å². The average Bonchev–Trinajstić information content (AvgIpc) is 2.66. The number of ether oxygens (including phenoxy) is 1. The number of esters is 1. The van der Waals surface area contributed by atoms with E-state index in [0.717, 1.165) is 4.57 Å². The number of carbonyl (C=O) groups excluding carboxylic acids is 2. The Morgan fingerprint density at radius 1 is 1.19 bits per heavy atom. The van der Waals surface area contributed by atoms with Gasteiger partial charge in [0.2, 0.25) is 0 Å². The molecular formula is C19H16ClN3O4. The van der Waals surface area contributed by atoms with Crippen LogP contribution in [-0.2, 0) is 20.9 Å². The molecule has 7 nitrogen and oxygen atoms in total. The quantitative estimate of drug-likeness (QED) is 0.682. The summed E-state index contributed by atoms with van der Waals surface area (Å²) in [7, 11) is 0. The van der Waals surface area contributed by atoms with Gasteiger partial charge in [0.25, 0.3) is 11.5 Å². The van der Waals surface area contributed by atoms with Crippen molar-refractivity contribution in [1.29, 1.82) is 0 Å². The Morgan fingerprint density at radius 3 is 2.63 bits per heavy atom. The molecule has 1 atom stereocenters. The molecule has 0 bridgehead atoms. The van der Waals surface area contributed by atoms with Crippen molar-refractivity contribution in [3.05, 3.63) is 70.2 Å². The molecule has 1 heterocycles. The predicted octanol–water partition coefficient (Wildman–Crippen LogP) is 2.62. The second-order valence-corrected chi connectivity index (χ2v) is 6.26. The van der Waals surface area contributed by atoms with Gasteiger partial charge in [-0.15, -0.1) is 0 Å². The summed E-state index contributed by atoms with van der Waals surface area (Å²) in [6, 6.07) is 13.4. The molecular weight excluding hydrogens is 370 g/mol. The maximum absolute atomic E-state index is 12.4. The van der Waals surface area contributed by atoms with Gasteiger partial charge in [0, 0.05) is 10.7 Å². The number of nitrogens with zero attached hydrogens (tertiary/aromatic N) is 2. The van der Waals surface area contributed by atoms with Crippen molar-refractivity contribution in [3.8, 4) is 0 Å².